The van der Waals surface area contributed by atoms with Crippen LogP contribution in [-0.2, 0) is 14.9 Å². The number of halogens is 2. The van der Waals surface area contributed by atoms with E-state index in [9.17, 15) is 13.2 Å². The van der Waals surface area contributed by atoms with Crippen LogP contribution in [0.2, 0.25) is 0 Å². The van der Waals surface area contributed by atoms with Gasteiger partial charge < -0.3 is 5.32 Å². The summed E-state index contributed by atoms with van der Waals surface area (Å²) in [5.74, 6) is -0.528. The van der Waals surface area contributed by atoms with Crippen molar-refractivity contribution in [1.82, 2.24) is 5.32 Å². The normalized spacial score (nSPS) is 29.0. The number of amides is 1. The van der Waals surface area contributed by atoms with Crippen LogP contribution in [0.15, 0.2) is 0 Å². The second-order valence-corrected chi connectivity index (χ2v) is 7.06. The fourth-order valence-corrected chi connectivity index (χ4v) is 3.22. The topological polar surface area (TPSA) is 83.5 Å². The SMILES string of the molecule is O=C1N[C@H](S(=O)(=O)O)C1(Br)Br. The molecule has 1 heterocycles. The number of hydrogen-bond acceptors (Lipinski definition) is 3. The van der Waals surface area contributed by atoms with Crippen molar-refractivity contribution in [3.63, 3.8) is 0 Å². The molecule has 1 rings (SSSR count). The van der Waals surface area contributed by atoms with Gasteiger partial charge in [-0.25, -0.2) is 0 Å². The Labute approximate surface area is 79.5 Å². The highest BCUT2D eigenvalue weighted by Gasteiger charge is 2.58. The Kier molecular flexibility index (Phi) is 2.07. The first-order chi connectivity index (χ1) is 4.76. The van der Waals surface area contributed by atoms with E-state index >= 15 is 0 Å². The van der Waals surface area contributed by atoms with Crippen molar-refractivity contribution in [2.24, 2.45) is 0 Å². The molecule has 0 aromatic rings. The monoisotopic (exact) mass is 307 g/mol. The van der Waals surface area contributed by atoms with Gasteiger partial charge in [0.15, 0.2) is 8.61 Å². The quantitative estimate of drug-likeness (QED) is 0.400. The Morgan fingerprint density at radius 3 is 2.09 bits per heavy atom. The highest BCUT2D eigenvalue weighted by molar-refractivity contribution is 9.26. The van der Waals surface area contributed by atoms with Gasteiger partial charge in [-0.3, -0.25) is 9.35 Å². The van der Waals surface area contributed by atoms with Gasteiger partial charge in [0.25, 0.3) is 16.0 Å². The third-order valence-corrected chi connectivity index (χ3v) is 4.50. The molecule has 0 saturated carbocycles. The second kappa shape index (κ2) is 2.41. The van der Waals surface area contributed by atoms with Gasteiger partial charge >= 0.3 is 0 Å². The molecule has 0 radical (unpaired) electrons. The molecular weight excluding hydrogens is 306 g/mol. The Morgan fingerprint density at radius 1 is 1.55 bits per heavy atom. The number of β-lactam (4-membered cyclic amide) rings is 1. The Morgan fingerprint density at radius 2 is 2.00 bits per heavy atom. The summed E-state index contributed by atoms with van der Waals surface area (Å²) >= 11 is 5.59. The molecule has 1 fully saturated rings. The van der Waals surface area contributed by atoms with Gasteiger partial charge in [0, 0.05) is 0 Å². The van der Waals surface area contributed by atoms with Crippen molar-refractivity contribution in [1.29, 1.82) is 0 Å². The molecule has 0 unspecified atom stereocenters. The van der Waals surface area contributed by atoms with Gasteiger partial charge in [-0.2, -0.15) is 8.42 Å². The van der Waals surface area contributed by atoms with Crippen LogP contribution >= 0.6 is 31.9 Å². The van der Waals surface area contributed by atoms with Crippen molar-refractivity contribution >= 4 is 47.9 Å². The van der Waals surface area contributed by atoms with E-state index in [4.69, 9.17) is 4.55 Å². The lowest BCUT2D eigenvalue weighted by molar-refractivity contribution is -0.126. The summed E-state index contributed by atoms with van der Waals surface area (Å²) < 4.78 is 28.0. The van der Waals surface area contributed by atoms with Gasteiger partial charge in [-0.15, -0.1) is 0 Å². The standard InChI is InChI=1S/C3H3Br2NO4S/c4-3(5)1(7)6-2(3)11(8,9)10/h2H,(H,6,7)(H,8,9,10)/t2-/m1/s1. The molecule has 1 amide bonds. The van der Waals surface area contributed by atoms with E-state index < -0.39 is 24.6 Å². The largest absolute Gasteiger partial charge is 0.333 e. The Bertz CT molecular complexity index is 296. The van der Waals surface area contributed by atoms with Crippen molar-refractivity contribution in [3.05, 3.63) is 0 Å². The highest BCUT2D eigenvalue weighted by atomic mass is 79.9. The van der Waals surface area contributed by atoms with E-state index in [1.54, 1.807) is 0 Å². The molecule has 0 bridgehead atoms. The fourth-order valence-electron chi connectivity index (χ4n) is 0.609. The minimum Gasteiger partial charge on any atom is -0.333 e. The first kappa shape index (κ1) is 9.43. The van der Waals surface area contributed by atoms with E-state index in [2.05, 4.69) is 31.9 Å². The van der Waals surface area contributed by atoms with Crippen LogP contribution in [0.1, 0.15) is 0 Å². The molecule has 64 valence electrons. The summed E-state index contributed by atoms with van der Waals surface area (Å²) in [6, 6.07) is 0. The Balaban J connectivity index is 2.93. The van der Waals surface area contributed by atoms with Crippen LogP contribution in [0.3, 0.4) is 0 Å². The van der Waals surface area contributed by atoms with Crippen LogP contribution in [0.4, 0.5) is 0 Å². The lowest BCUT2D eigenvalue weighted by atomic mass is 10.3. The lowest BCUT2D eigenvalue weighted by Crippen LogP contribution is -2.68. The predicted molar refractivity (Wildman–Crippen MR) is 44.1 cm³/mol. The maximum Gasteiger partial charge on any atom is 0.289 e. The lowest BCUT2D eigenvalue weighted by Gasteiger charge is -2.37. The smallest absolute Gasteiger partial charge is 0.289 e. The summed E-state index contributed by atoms with van der Waals surface area (Å²) in [6.45, 7) is 0. The molecule has 0 aromatic heterocycles. The molecular formula is C3H3Br2NO4S. The Hall–Kier alpha value is 0.340. The van der Waals surface area contributed by atoms with Gasteiger partial charge in [-0.1, -0.05) is 31.9 Å². The molecule has 11 heavy (non-hydrogen) atoms. The third kappa shape index (κ3) is 1.44. The molecule has 8 heteroatoms. The van der Waals surface area contributed by atoms with Crippen LogP contribution in [0, 0.1) is 0 Å². The summed E-state index contributed by atoms with van der Waals surface area (Å²) in [6.07, 6.45) is 0. The number of carbonyl (C=O) groups excluding carboxylic acids is 1. The van der Waals surface area contributed by atoms with Crippen LogP contribution in [-0.4, -0.2) is 27.5 Å². The molecule has 0 aliphatic carbocycles. The minimum absolute atomic E-state index is 0.528. The van der Waals surface area contributed by atoms with Crippen molar-refractivity contribution < 1.29 is 17.8 Å². The summed E-state index contributed by atoms with van der Waals surface area (Å²) in [5, 5.41) is 0.685. The maximum absolute atomic E-state index is 10.6. The van der Waals surface area contributed by atoms with Crippen molar-refractivity contribution in [2.45, 2.75) is 8.61 Å². The number of rotatable bonds is 1. The molecule has 1 atom stereocenters. The van der Waals surface area contributed by atoms with E-state index in [1.807, 2.05) is 5.32 Å². The number of nitrogens with one attached hydrogen (secondary N) is 1. The van der Waals surface area contributed by atoms with E-state index in [1.165, 1.54) is 0 Å². The van der Waals surface area contributed by atoms with Crippen LogP contribution in [0.25, 0.3) is 0 Å². The van der Waals surface area contributed by atoms with Crippen molar-refractivity contribution in [3.8, 4) is 0 Å². The first-order valence-corrected chi connectivity index (χ1v) is 5.50. The van der Waals surface area contributed by atoms with E-state index in [-0.39, 0.29) is 0 Å². The fraction of sp³-hybridized carbons (Fsp3) is 0.667. The van der Waals surface area contributed by atoms with E-state index in [0.29, 0.717) is 0 Å². The van der Waals surface area contributed by atoms with Gasteiger partial charge in [0.1, 0.15) is 0 Å². The molecule has 0 spiro atoms. The van der Waals surface area contributed by atoms with Gasteiger partial charge in [0.2, 0.25) is 0 Å². The zero-order valence-corrected chi connectivity index (χ0v) is 8.90. The van der Waals surface area contributed by atoms with Gasteiger partial charge in [0.05, 0.1) is 0 Å². The highest BCUT2D eigenvalue weighted by Crippen LogP contribution is 2.39. The number of carbonyl (C=O) groups is 1. The average molecular weight is 309 g/mol. The second-order valence-electron chi connectivity index (χ2n) is 1.99. The molecule has 1 saturated heterocycles. The first-order valence-electron chi connectivity index (χ1n) is 2.41. The maximum atomic E-state index is 10.6. The number of hydrogen-bond donors (Lipinski definition) is 2. The summed E-state index contributed by atoms with van der Waals surface area (Å²) in [4.78, 5) is 10.6. The molecule has 0 aromatic carbocycles. The summed E-state index contributed by atoms with van der Waals surface area (Å²) in [5.41, 5.74) is 0. The predicted octanol–water partition coefficient (Wildman–Crippen LogP) is -0.184. The average Bonchev–Trinajstić information content (AvgIpc) is 1.80. The van der Waals surface area contributed by atoms with E-state index in [0.717, 1.165) is 0 Å². The molecule has 1 aliphatic heterocycles. The van der Waals surface area contributed by atoms with Crippen LogP contribution < -0.4 is 5.32 Å². The molecule has 1 aliphatic rings. The van der Waals surface area contributed by atoms with Crippen LogP contribution in [0.5, 0.6) is 0 Å². The molecule has 2 N–H and O–H groups in total. The third-order valence-electron chi connectivity index (χ3n) is 1.19. The zero-order chi connectivity index (χ0) is 8.86. The number of alkyl halides is 2. The molecule has 5 nitrogen and oxygen atoms in total. The zero-order valence-electron chi connectivity index (χ0n) is 4.91. The summed E-state index contributed by atoms with van der Waals surface area (Å²) in [7, 11) is -4.23. The van der Waals surface area contributed by atoms with Crippen molar-refractivity contribution in [2.75, 3.05) is 0 Å². The van der Waals surface area contributed by atoms with Gasteiger partial charge in [-0.05, 0) is 0 Å². The minimum atomic E-state index is -4.23.